The van der Waals surface area contributed by atoms with Gasteiger partial charge in [0, 0.05) is 12.6 Å². The third-order valence-corrected chi connectivity index (χ3v) is 3.78. The molecule has 6 heteroatoms. The number of urea groups is 1. The van der Waals surface area contributed by atoms with Crippen LogP contribution in [-0.4, -0.2) is 33.1 Å². The molecule has 1 aromatic heterocycles. The fourth-order valence-corrected chi connectivity index (χ4v) is 2.10. The Morgan fingerprint density at radius 3 is 2.95 bits per heavy atom. The summed E-state index contributed by atoms with van der Waals surface area (Å²) in [5.74, 6) is 0.674. The van der Waals surface area contributed by atoms with Crippen molar-refractivity contribution in [3.63, 3.8) is 0 Å². The highest BCUT2D eigenvalue weighted by Crippen LogP contribution is 2.30. The van der Waals surface area contributed by atoms with Gasteiger partial charge in [0.1, 0.15) is 5.82 Å². The molecule has 2 amide bonds. The average molecular weight is 266 g/mol. The number of nitrogens with one attached hydrogen (secondary N) is 2. The summed E-state index contributed by atoms with van der Waals surface area (Å²) in [5.41, 5.74) is -0.700. The minimum Gasteiger partial charge on any atom is -0.388 e. The van der Waals surface area contributed by atoms with E-state index in [1.165, 1.54) is 0 Å². The number of carbonyl (C=O) groups is 1. The number of rotatable bonds is 5. The van der Waals surface area contributed by atoms with E-state index in [9.17, 15) is 9.90 Å². The number of hydrogen-bond acceptors (Lipinski definition) is 3. The van der Waals surface area contributed by atoms with Crippen LogP contribution >= 0.6 is 0 Å². The van der Waals surface area contributed by atoms with E-state index < -0.39 is 5.60 Å². The Morgan fingerprint density at radius 2 is 2.37 bits per heavy atom. The largest absolute Gasteiger partial charge is 0.388 e. The van der Waals surface area contributed by atoms with Crippen LogP contribution in [0.5, 0.6) is 0 Å². The van der Waals surface area contributed by atoms with Gasteiger partial charge in [0.05, 0.1) is 17.8 Å². The molecule has 0 spiro atoms. The summed E-state index contributed by atoms with van der Waals surface area (Å²) in [6.45, 7) is 4.42. The summed E-state index contributed by atoms with van der Waals surface area (Å²) in [4.78, 5) is 11.8. The number of nitrogens with zero attached hydrogens (tertiary/aromatic N) is 2. The van der Waals surface area contributed by atoms with E-state index in [1.54, 1.807) is 16.9 Å². The fraction of sp³-hybridized carbons (Fsp3) is 0.692. The van der Waals surface area contributed by atoms with Crippen molar-refractivity contribution in [2.24, 2.45) is 0 Å². The lowest BCUT2D eigenvalue weighted by atomic mass is 9.80. The van der Waals surface area contributed by atoms with E-state index in [-0.39, 0.29) is 12.1 Å². The van der Waals surface area contributed by atoms with Crippen molar-refractivity contribution in [1.29, 1.82) is 0 Å². The van der Waals surface area contributed by atoms with Crippen molar-refractivity contribution in [3.05, 3.63) is 12.3 Å². The molecule has 6 nitrogen and oxygen atoms in total. The molecule has 0 aliphatic heterocycles. The lowest BCUT2D eigenvalue weighted by Crippen LogP contribution is -2.48. The first-order valence-corrected chi connectivity index (χ1v) is 6.85. The molecule has 1 aliphatic rings. The zero-order valence-electron chi connectivity index (χ0n) is 11.5. The molecule has 19 heavy (non-hydrogen) atoms. The van der Waals surface area contributed by atoms with Gasteiger partial charge in [0.2, 0.25) is 0 Å². The topological polar surface area (TPSA) is 79.2 Å². The third-order valence-electron chi connectivity index (χ3n) is 3.78. The van der Waals surface area contributed by atoms with Gasteiger partial charge >= 0.3 is 6.03 Å². The number of carbonyl (C=O) groups excluding carboxylic acids is 1. The number of hydrogen-bond donors (Lipinski definition) is 3. The molecule has 2 rings (SSSR count). The van der Waals surface area contributed by atoms with Crippen molar-refractivity contribution < 1.29 is 9.90 Å². The van der Waals surface area contributed by atoms with Crippen molar-refractivity contribution in [3.8, 4) is 0 Å². The minimum atomic E-state index is -0.700. The second-order valence-electron chi connectivity index (χ2n) is 5.30. The molecule has 3 N–H and O–H groups in total. The van der Waals surface area contributed by atoms with E-state index in [4.69, 9.17) is 0 Å². The highest BCUT2D eigenvalue weighted by atomic mass is 16.3. The summed E-state index contributed by atoms with van der Waals surface area (Å²) >= 11 is 0. The van der Waals surface area contributed by atoms with Gasteiger partial charge in [-0.25, -0.2) is 9.48 Å². The van der Waals surface area contributed by atoms with Gasteiger partial charge in [0.25, 0.3) is 0 Å². The van der Waals surface area contributed by atoms with Crippen molar-refractivity contribution >= 4 is 11.8 Å². The lowest BCUT2D eigenvalue weighted by molar-refractivity contribution is -0.0287. The zero-order valence-corrected chi connectivity index (χ0v) is 11.5. The van der Waals surface area contributed by atoms with Crippen LogP contribution in [0.1, 0.15) is 45.6 Å². The van der Waals surface area contributed by atoms with Crippen LogP contribution in [0.15, 0.2) is 12.3 Å². The molecule has 1 atom stereocenters. The highest BCUT2D eigenvalue weighted by molar-refractivity contribution is 5.88. The Kier molecular flexibility index (Phi) is 4.09. The van der Waals surface area contributed by atoms with E-state index in [0.29, 0.717) is 12.4 Å². The first kappa shape index (κ1) is 13.9. The molecular weight excluding hydrogens is 244 g/mol. The summed E-state index contributed by atoms with van der Waals surface area (Å²) in [6.07, 6.45) is 5.16. The Balaban J connectivity index is 1.86. The summed E-state index contributed by atoms with van der Waals surface area (Å²) < 4.78 is 1.79. The Hall–Kier alpha value is -1.56. The van der Waals surface area contributed by atoms with E-state index in [1.807, 2.05) is 6.92 Å². The quantitative estimate of drug-likeness (QED) is 0.761. The van der Waals surface area contributed by atoms with Crippen LogP contribution in [0, 0.1) is 0 Å². The van der Waals surface area contributed by atoms with Crippen LogP contribution in [0.2, 0.25) is 0 Å². The predicted octanol–water partition coefficient (Wildman–Crippen LogP) is 1.89. The molecule has 1 aromatic rings. The van der Waals surface area contributed by atoms with Gasteiger partial charge in [-0.05, 0) is 32.6 Å². The molecule has 1 saturated carbocycles. The minimum absolute atomic E-state index is 0.237. The van der Waals surface area contributed by atoms with Gasteiger partial charge in [0.15, 0.2) is 0 Å². The maximum absolute atomic E-state index is 11.8. The molecule has 0 saturated heterocycles. The van der Waals surface area contributed by atoms with E-state index in [0.717, 1.165) is 25.7 Å². The van der Waals surface area contributed by atoms with Gasteiger partial charge in [-0.15, -0.1) is 0 Å². The average Bonchev–Trinajstić information content (AvgIpc) is 2.81. The standard InChI is InChI=1S/C13H22N4O2/c1-3-10(2)17-11(5-8-15-17)16-12(18)14-9-13(19)6-4-7-13/h5,8,10,19H,3-4,6-7,9H2,1-2H3,(H2,14,16,18). The van der Waals surface area contributed by atoms with Gasteiger partial charge in [-0.2, -0.15) is 5.10 Å². The Labute approximate surface area is 113 Å². The van der Waals surface area contributed by atoms with Crippen LogP contribution in [0.25, 0.3) is 0 Å². The van der Waals surface area contributed by atoms with Gasteiger partial charge < -0.3 is 10.4 Å². The van der Waals surface area contributed by atoms with Gasteiger partial charge in [-0.3, -0.25) is 5.32 Å². The zero-order chi connectivity index (χ0) is 13.9. The maximum Gasteiger partial charge on any atom is 0.320 e. The molecule has 0 radical (unpaired) electrons. The summed E-state index contributed by atoms with van der Waals surface area (Å²) in [5, 5.41) is 19.6. The first-order chi connectivity index (χ1) is 9.04. The van der Waals surface area contributed by atoms with Crippen LogP contribution in [-0.2, 0) is 0 Å². The SMILES string of the molecule is CCC(C)n1nccc1NC(=O)NCC1(O)CCC1. The molecule has 0 aromatic carbocycles. The number of anilines is 1. The third kappa shape index (κ3) is 3.26. The number of amides is 2. The van der Waals surface area contributed by atoms with Crippen molar-refractivity contribution in [2.75, 3.05) is 11.9 Å². The summed E-state index contributed by atoms with van der Waals surface area (Å²) in [7, 11) is 0. The van der Waals surface area contributed by atoms with Crippen LogP contribution in [0.4, 0.5) is 10.6 Å². The first-order valence-electron chi connectivity index (χ1n) is 6.85. The lowest BCUT2D eigenvalue weighted by Gasteiger charge is -2.36. The Bertz CT molecular complexity index is 440. The molecule has 1 fully saturated rings. The predicted molar refractivity (Wildman–Crippen MR) is 73.1 cm³/mol. The highest BCUT2D eigenvalue weighted by Gasteiger charge is 2.34. The smallest absolute Gasteiger partial charge is 0.320 e. The maximum atomic E-state index is 11.8. The number of aliphatic hydroxyl groups is 1. The fourth-order valence-electron chi connectivity index (χ4n) is 2.10. The molecular formula is C13H22N4O2. The monoisotopic (exact) mass is 266 g/mol. The second-order valence-corrected chi connectivity index (χ2v) is 5.30. The molecule has 106 valence electrons. The molecule has 0 bridgehead atoms. The second kappa shape index (κ2) is 5.61. The van der Waals surface area contributed by atoms with E-state index >= 15 is 0 Å². The normalized spacial score (nSPS) is 18.5. The molecule has 1 unspecified atom stereocenters. The van der Waals surface area contributed by atoms with Gasteiger partial charge in [-0.1, -0.05) is 6.92 Å². The molecule has 1 aliphatic carbocycles. The van der Waals surface area contributed by atoms with E-state index in [2.05, 4.69) is 22.7 Å². The van der Waals surface area contributed by atoms with Crippen molar-refractivity contribution in [2.45, 2.75) is 51.2 Å². The molecule has 1 heterocycles. The van der Waals surface area contributed by atoms with Crippen LogP contribution < -0.4 is 10.6 Å². The van der Waals surface area contributed by atoms with Crippen LogP contribution in [0.3, 0.4) is 0 Å². The number of aromatic nitrogens is 2. The summed E-state index contributed by atoms with van der Waals surface area (Å²) in [6, 6.07) is 1.70. The van der Waals surface area contributed by atoms with Crippen molar-refractivity contribution in [1.82, 2.24) is 15.1 Å². The Morgan fingerprint density at radius 1 is 1.63 bits per heavy atom.